The first-order valence-corrected chi connectivity index (χ1v) is 11.6. The van der Waals surface area contributed by atoms with Crippen LogP contribution in [0.25, 0.3) is 0 Å². The van der Waals surface area contributed by atoms with Gasteiger partial charge >= 0.3 is 133 Å². The number of hydrazine groups is 1. The van der Waals surface area contributed by atoms with E-state index < -0.39 is 5.54 Å². The van der Waals surface area contributed by atoms with Crippen LogP contribution < -0.4 is 5.43 Å². The number of benzene rings is 1. The van der Waals surface area contributed by atoms with E-state index in [4.69, 9.17) is 26.9 Å². The second kappa shape index (κ2) is 15.6. The van der Waals surface area contributed by atoms with Gasteiger partial charge in [-0.1, -0.05) is 0 Å². The fourth-order valence-corrected chi connectivity index (χ4v) is 3.02. The molecule has 0 fully saturated rings. The number of nitrogens with one attached hydrogen (secondary N) is 1. The van der Waals surface area contributed by atoms with Crippen LogP contribution in [0.1, 0.15) is 37.6 Å². The molecule has 0 atom stereocenters. The summed E-state index contributed by atoms with van der Waals surface area (Å²) in [5.41, 5.74) is 2.61. The Morgan fingerprint density at radius 3 is 2.00 bits per heavy atom. The topological polar surface area (TPSA) is 113 Å². The Labute approximate surface area is 192 Å². The Balaban J connectivity index is 0.000000710. The van der Waals surface area contributed by atoms with Crippen LogP contribution in [0.15, 0.2) is 24.3 Å². The van der Waals surface area contributed by atoms with Gasteiger partial charge in [-0.15, -0.1) is 0 Å². The summed E-state index contributed by atoms with van der Waals surface area (Å²) in [5, 5.41) is 28.1. The summed E-state index contributed by atoms with van der Waals surface area (Å²) in [5.74, 6) is -0.442. The minimum Gasteiger partial charge on any atom is -0.395 e. The Morgan fingerprint density at radius 2 is 1.60 bits per heavy atom. The molecule has 0 saturated heterocycles. The van der Waals surface area contributed by atoms with E-state index in [1.54, 1.807) is 29.2 Å². The summed E-state index contributed by atoms with van der Waals surface area (Å²) >= 11 is 7.80. The third-order valence-electron chi connectivity index (χ3n) is 3.81. The van der Waals surface area contributed by atoms with Crippen LogP contribution in [0.3, 0.4) is 0 Å². The molecule has 0 unspecified atom stereocenters. The number of hydrogen-bond acceptors (Lipinski definition) is 6. The van der Waals surface area contributed by atoms with Gasteiger partial charge in [-0.25, -0.2) is 0 Å². The number of carbonyl (C=O) groups excluding carboxylic acids is 2. The largest absolute Gasteiger partial charge is 0.395 e. The molecule has 0 aliphatic carbocycles. The van der Waals surface area contributed by atoms with Crippen molar-refractivity contribution in [2.24, 2.45) is 0 Å². The molecule has 0 aliphatic rings. The predicted octanol–water partition coefficient (Wildman–Crippen LogP) is 0.854. The van der Waals surface area contributed by atoms with Gasteiger partial charge in [0.2, 0.25) is 0 Å². The number of aliphatic hydroxyl groups is 3. The SMILES string of the molecule is CC(C)(C)N(NC(=O)c1cccc(Cl)c1)C(=O)C[CH2][Ge].OCCN(CCO)CCO. The molecule has 4 N–H and O–H groups in total. The van der Waals surface area contributed by atoms with Crippen LogP contribution in [0.2, 0.25) is 10.3 Å². The first kappa shape index (κ1) is 28.8. The van der Waals surface area contributed by atoms with E-state index in [1.165, 1.54) is 5.01 Å². The van der Waals surface area contributed by atoms with Crippen molar-refractivity contribution in [2.75, 3.05) is 39.5 Å². The third kappa shape index (κ3) is 11.9. The molecule has 0 saturated carbocycles. The zero-order chi connectivity index (χ0) is 23.2. The number of aliphatic hydroxyl groups excluding tert-OH is 3. The van der Waals surface area contributed by atoms with Gasteiger partial charge in [-0.3, -0.25) is 4.90 Å². The van der Waals surface area contributed by atoms with E-state index >= 15 is 0 Å². The number of hydrogen-bond donors (Lipinski definition) is 4. The Kier molecular flexibility index (Phi) is 15.0. The molecule has 3 radical (unpaired) electrons. The van der Waals surface area contributed by atoms with E-state index in [9.17, 15) is 9.59 Å². The summed E-state index contributed by atoms with van der Waals surface area (Å²) in [6.07, 6.45) is 0.396. The van der Waals surface area contributed by atoms with E-state index in [-0.39, 0.29) is 31.6 Å². The molecule has 1 aromatic carbocycles. The Morgan fingerprint density at radius 1 is 1.07 bits per heavy atom. The second-order valence-corrected chi connectivity index (χ2v) is 8.85. The monoisotopic (exact) mass is 504 g/mol. The fourth-order valence-electron chi connectivity index (χ4n) is 2.38. The summed E-state index contributed by atoms with van der Waals surface area (Å²) in [7, 11) is 0. The molecule has 0 bridgehead atoms. The Bertz CT molecular complexity index is 629. The molecule has 0 heterocycles. The molecule has 30 heavy (non-hydrogen) atoms. The van der Waals surface area contributed by atoms with Crippen molar-refractivity contribution in [3.05, 3.63) is 34.9 Å². The number of nitrogens with zero attached hydrogens (tertiary/aromatic N) is 2. The third-order valence-corrected chi connectivity index (χ3v) is 4.57. The molecule has 8 nitrogen and oxygen atoms in total. The molecule has 1 aromatic rings. The number of halogens is 1. The zero-order valence-electron chi connectivity index (χ0n) is 17.9. The first-order chi connectivity index (χ1) is 14.1. The van der Waals surface area contributed by atoms with Crippen LogP contribution in [0, 0.1) is 0 Å². The summed E-state index contributed by atoms with van der Waals surface area (Å²) in [6, 6.07) is 6.63. The van der Waals surface area contributed by atoms with E-state index in [1.807, 2.05) is 37.3 Å². The van der Waals surface area contributed by atoms with Gasteiger partial charge in [0.05, 0.1) is 19.8 Å². The normalized spacial score (nSPS) is 11.0. The molecular formula is C20H33ClGeN3O5. The van der Waals surface area contributed by atoms with Gasteiger partial charge in [0.15, 0.2) is 0 Å². The van der Waals surface area contributed by atoms with Crippen molar-refractivity contribution in [1.29, 1.82) is 0 Å². The van der Waals surface area contributed by atoms with E-state index in [0.29, 0.717) is 36.6 Å². The quantitative estimate of drug-likeness (QED) is 0.294. The smallest absolute Gasteiger partial charge is 0.0558 e. The van der Waals surface area contributed by atoms with Gasteiger partial charge in [0.25, 0.3) is 0 Å². The molecule has 1 rings (SSSR count). The second-order valence-electron chi connectivity index (χ2n) is 7.36. The van der Waals surface area contributed by atoms with Gasteiger partial charge in [0.1, 0.15) is 0 Å². The average Bonchev–Trinajstić information content (AvgIpc) is 2.66. The predicted molar refractivity (Wildman–Crippen MR) is 118 cm³/mol. The van der Waals surface area contributed by atoms with Crippen LogP contribution in [-0.2, 0) is 4.79 Å². The van der Waals surface area contributed by atoms with Crippen LogP contribution >= 0.6 is 11.6 Å². The molecule has 2 amide bonds. The molecule has 169 valence electrons. The van der Waals surface area contributed by atoms with Gasteiger partial charge in [-0.05, 0) is 0 Å². The zero-order valence-corrected chi connectivity index (χ0v) is 20.8. The van der Waals surface area contributed by atoms with Crippen molar-refractivity contribution < 1.29 is 24.9 Å². The van der Waals surface area contributed by atoms with Crippen molar-refractivity contribution in [1.82, 2.24) is 15.3 Å². The summed E-state index contributed by atoms with van der Waals surface area (Å²) in [6.45, 7) is 7.37. The maximum Gasteiger partial charge on any atom is 0.0558 e. The molecule has 0 aliphatic heterocycles. The molecule has 0 spiro atoms. The van der Waals surface area contributed by atoms with Crippen molar-refractivity contribution in [3.8, 4) is 0 Å². The van der Waals surface area contributed by atoms with Crippen LogP contribution in [0.5, 0.6) is 0 Å². The van der Waals surface area contributed by atoms with E-state index in [2.05, 4.69) is 5.43 Å². The first-order valence-electron chi connectivity index (χ1n) is 9.69. The maximum atomic E-state index is 12.2. The van der Waals surface area contributed by atoms with Crippen LogP contribution in [-0.4, -0.2) is 98.6 Å². The van der Waals surface area contributed by atoms with E-state index in [0.717, 1.165) is 5.25 Å². The van der Waals surface area contributed by atoms with Gasteiger partial charge in [-0.2, -0.15) is 0 Å². The number of rotatable bonds is 9. The number of amides is 2. The standard InChI is InChI=1S/C14H18ClGeN2O2.C6H15NO3/c1-14(2,3)18(12(19)7-8-16)17-13(20)10-5-4-6-11(15)9-10;8-4-1-7(2-5-9)3-6-10/h4-6,9H,7-8H2,1-3H3,(H,17,20);8-10H,1-6H2. The van der Waals surface area contributed by atoms with Crippen molar-refractivity contribution in [3.63, 3.8) is 0 Å². The maximum absolute atomic E-state index is 12.2. The molecule has 0 aromatic heterocycles. The van der Waals surface area contributed by atoms with Gasteiger partial charge in [0, 0.05) is 19.6 Å². The summed E-state index contributed by atoms with van der Waals surface area (Å²) in [4.78, 5) is 26.1. The molecular weight excluding hydrogens is 470 g/mol. The van der Waals surface area contributed by atoms with Gasteiger partial charge < -0.3 is 15.3 Å². The average molecular weight is 504 g/mol. The minimum atomic E-state index is -0.486. The van der Waals surface area contributed by atoms with Crippen molar-refractivity contribution >= 4 is 39.9 Å². The fraction of sp³-hybridized carbons (Fsp3) is 0.600. The Hall–Kier alpha value is -1.17. The van der Waals surface area contributed by atoms with Crippen molar-refractivity contribution in [2.45, 2.75) is 38.0 Å². The summed E-state index contributed by atoms with van der Waals surface area (Å²) < 4.78 is 0. The number of carbonyl (C=O) groups is 2. The molecule has 10 heteroatoms. The van der Waals surface area contributed by atoms with Crippen LogP contribution in [0.4, 0.5) is 0 Å². The minimum absolute atomic E-state index is 0.0694.